The minimum absolute atomic E-state index is 1.04. The van der Waals surface area contributed by atoms with Gasteiger partial charge in [0.1, 0.15) is 0 Å². The summed E-state index contributed by atoms with van der Waals surface area (Å²) in [5, 5.41) is 0. The minimum atomic E-state index is -1.27. The van der Waals surface area contributed by atoms with E-state index in [1.807, 2.05) is 0 Å². The number of thiol groups is 1. The van der Waals surface area contributed by atoms with Gasteiger partial charge in [-0.1, -0.05) is 38.5 Å². The predicted molar refractivity (Wildman–Crippen MR) is 72.1 cm³/mol. The van der Waals surface area contributed by atoms with Gasteiger partial charge in [-0.3, -0.25) is 0 Å². The zero-order valence-electron chi connectivity index (χ0n) is 10.2. The Morgan fingerprint density at radius 2 is 1.27 bits per heavy atom. The van der Waals surface area contributed by atoms with Crippen LogP contribution < -0.4 is 0 Å². The van der Waals surface area contributed by atoms with Crippen LogP contribution in [0.5, 0.6) is 0 Å². The monoisotopic (exact) mass is 250 g/mol. The number of hydrogen-bond acceptors (Lipinski definition) is 3. The molecule has 0 aliphatic heterocycles. The van der Waals surface area contributed by atoms with Crippen molar-refractivity contribution in [2.45, 2.75) is 51.0 Å². The molecule has 4 heteroatoms. The van der Waals surface area contributed by atoms with Crippen molar-refractivity contribution in [1.29, 1.82) is 0 Å². The molecule has 0 aromatic heterocycles. The molecule has 15 heavy (non-hydrogen) atoms. The highest BCUT2D eigenvalue weighted by molar-refractivity contribution is 7.80. The molecule has 0 bridgehead atoms. The van der Waals surface area contributed by atoms with E-state index in [1.54, 1.807) is 14.2 Å². The second-order valence-corrected chi connectivity index (χ2v) is 6.71. The molecule has 0 aliphatic rings. The average Bonchev–Trinajstić information content (AvgIpc) is 2.27. The maximum Gasteiger partial charge on any atom is 0.320 e. The maximum absolute atomic E-state index is 5.27. The van der Waals surface area contributed by atoms with Crippen LogP contribution in [0.2, 0.25) is 6.04 Å². The van der Waals surface area contributed by atoms with Crippen LogP contribution in [-0.2, 0) is 8.85 Å². The van der Waals surface area contributed by atoms with E-state index < -0.39 is 9.28 Å². The molecule has 0 aromatic carbocycles. The van der Waals surface area contributed by atoms with Crippen molar-refractivity contribution in [3.63, 3.8) is 0 Å². The smallest absolute Gasteiger partial charge is 0.320 e. The summed E-state index contributed by atoms with van der Waals surface area (Å²) in [7, 11) is 2.25. The predicted octanol–water partition coefficient (Wildman–Crippen LogP) is 3.16. The molecule has 0 aromatic rings. The third-order valence-electron chi connectivity index (χ3n) is 2.62. The standard InChI is InChI=1S/C11H26O2SSi/c1-12-15(13-2)11-9-7-5-3-4-6-8-10-14/h14-15H,3-11H2,1-2H3. The molecular formula is C11H26O2SSi. The van der Waals surface area contributed by atoms with Crippen molar-refractivity contribution < 1.29 is 8.85 Å². The molecule has 0 unspecified atom stereocenters. The van der Waals surface area contributed by atoms with Crippen molar-refractivity contribution in [3.05, 3.63) is 0 Å². The molecule has 0 fully saturated rings. The van der Waals surface area contributed by atoms with Gasteiger partial charge < -0.3 is 8.85 Å². The van der Waals surface area contributed by atoms with Gasteiger partial charge in [0.15, 0.2) is 0 Å². The van der Waals surface area contributed by atoms with Gasteiger partial charge in [-0.05, 0) is 18.2 Å². The van der Waals surface area contributed by atoms with Gasteiger partial charge >= 0.3 is 9.28 Å². The number of hydrogen-bond donors (Lipinski definition) is 1. The van der Waals surface area contributed by atoms with Crippen LogP contribution in [0.15, 0.2) is 0 Å². The van der Waals surface area contributed by atoms with Crippen LogP contribution in [-0.4, -0.2) is 29.3 Å². The van der Waals surface area contributed by atoms with Crippen LogP contribution >= 0.6 is 12.6 Å². The molecule has 0 aliphatic carbocycles. The third-order valence-corrected chi connectivity index (χ3v) is 4.87. The molecule has 0 N–H and O–H groups in total. The zero-order valence-corrected chi connectivity index (χ0v) is 12.3. The van der Waals surface area contributed by atoms with Crippen molar-refractivity contribution in [3.8, 4) is 0 Å². The quantitative estimate of drug-likeness (QED) is 0.345. The van der Waals surface area contributed by atoms with E-state index in [0.717, 1.165) is 11.8 Å². The van der Waals surface area contributed by atoms with Crippen LogP contribution in [0, 0.1) is 0 Å². The van der Waals surface area contributed by atoms with Crippen LogP contribution in [0.4, 0.5) is 0 Å². The Morgan fingerprint density at radius 3 is 1.73 bits per heavy atom. The molecule has 0 atom stereocenters. The summed E-state index contributed by atoms with van der Waals surface area (Å²) < 4.78 is 10.5. The maximum atomic E-state index is 5.27. The Bertz CT molecular complexity index is 121. The molecule has 0 rings (SSSR count). The van der Waals surface area contributed by atoms with E-state index in [4.69, 9.17) is 8.85 Å². The van der Waals surface area contributed by atoms with Crippen LogP contribution in [0.1, 0.15) is 44.9 Å². The molecule has 2 nitrogen and oxygen atoms in total. The van der Waals surface area contributed by atoms with Crippen molar-refractivity contribution in [1.82, 2.24) is 0 Å². The zero-order chi connectivity index (χ0) is 11.4. The first-order valence-electron chi connectivity index (χ1n) is 6.01. The van der Waals surface area contributed by atoms with Gasteiger partial charge in [-0.2, -0.15) is 12.6 Å². The van der Waals surface area contributed by atoms with E-state index in [9.17, 15) is 0 Å². The number of unbranched alkanes of at least 4 members (excludes halogenated alkanes) is 6. The third kappa shape index (κ3) is 10.8. The molecule has 92 valence electrons. The summed E-state index contributed by atoms with van der Waals surface area (Å²) in [4.78, 5) is 0. The summed E-state index contributed by atoms with van der Waals surface area (Å²) in [5.41, 5.74) is 0. The summed E-state index contributed by atoms with van der Waals surface area (Å²) >= 11 is 4.20. The summed E-state index contributed by atoms with van der Waals surface area (Å²) in [6.07, 6.45) is 9.32. The Labute approximate surface area is 102 Å². The minimum Gasteiger partial charge on any atom is -0.400 e. The Balaban J connectivity index is 3.04. The van der Waals surface area contributed by atoms with Crippen LogP contribution in [0.25, 0.3) is 0 Å². The highest BCUT2D eigenvalue weighted by atomic mass is 32.1. The van der Waals surface area contributed by atoms with Crippen molar-refractivity contribution >= 4 is 21.9 Å². The first-order chi connectivity index (χ1) is 7.35. The van der Waals surface area contributed by atoms with E-state index in [-0.39, 0.29) is 0 Å². The molecular weight excluding hydrogens is 224 g/mol. The molecule has 0 heterocycles. The number of rotatable bonds is 11. The van der Waals surface area contributed by atoms with Gasteiger partial charge in [-0.25, -0.2) is 0 Å². The Hall–Kier alpha value is 0.487. The van der Waals surface area contributed by atoms with Gasteiger partial charge in [0.05, 0.1) is 0 Å². The SMILES string of the molecule is CO[SiH](CCCCCCCCCS)OC. The second kappa shape index (κ2) is 12.6. The lowest BCUT2D eigenvalue weighted by atomic mass is 10.1. The Kier molecular flexibility index (Phi) is 13.0. The fourth-order valence-corrected chi connectivity index (χ4v) is 3.15. The normalized spacial score (nSPS) is 11.2. The highest BCUT2D eigenvalue weighted by Gasteiger charge is 2.07. The largest absolute Gasteiger partial charge is 0.400 e. The topological polar surface area (TPSA) is 18.5 Å². The van der Waals surface area contributed by atoms with Crippen molar-refractivity contribution in [2.24, 2.45) is 0 Å². The molecule has 0 radical (unpaired) electrons. The second-order valence-electron chi connectivity index (χ2n) is 3.89. The summed E-state index contributed by atoms with van der Waals surface area (Å²) in [6.45, 7) is 0. The highest BCUT2D eigenvalue weighted by Crippen LogP contribution is 2.10. The Morgan fingerprint density at radius 1 is 0.800 bits per heavy atom. The van der Waals surface area contributed by atoms with E-state index >= 15 is 0 Å². The van der Waals surface area contributed by atoms with Gasteiger partial charge in [-0.15, -0.1) is 0 Å². The molecule has 0 amide bonds. The van der Waals surface area contributed by atoms with E-state index in [0.29, 0.717) is 0 Å². The summed E-state index contributed by atoms with van der Waals surface area (Å²) in [6, 6.07) is 1.16. The molecule has 0 saturated carbocycles. The van der Waals surface area contributed by atoms with Gasteiger partial charge in [0.2, 0.25) is 0 Å². The lowest BCUT2D eigenvalue weighted by molar-refractivity contribution is 0.276. The van der Waals surface area contributed by atoms with Gasteiger partial charge in [0.25, 0.3) is 0 Å². The van der Waals surface area contributed by atoms with Gasteiger partial charge in [0, 0.05) is 14.2 Å². The average molecular weight is 250 g/mol. The van der Waals surface area contributed by atoms with E-state index in [1.165, 1.54) is 44.9 Å². The first kappa shape index (κ1) is 15.5. The van der Waals surface area contributed by atoms with E-state index in [2.05, 4.69) is 12.6 Å². The van der Waals surface area contributed by atoms with Crippen LogP contribution in [0.3, 0.4) is 0 Å². The fourth-order valence-electron chi connectivity index (χ4n) is 1.64. The molecule has 0 spiro atoms. The van der Waals surface area contributed by atoms with Crippen molar-refractivity contribution in [2.75, 3.05) is 20.0 Å². The lowest BCUT2D eigenvalue weighted by Crippen LogP contribution is -2.18. The first-order valence-corrected chi connectivity index (χ1v) is 8.40. The molecule has 0 saturated heterocycles. The summed E-state index contributed by atoms with van der Waals surface area (Å²) in [5.74, 6) is 1.04. The fraction of sp³-hybridized carbons (Fsp3) is 1.00. The lowest BCUT2D eigenvalue weighted by Gasteiger charge is -2.09.